The highest BCUT2D eigenvalue weighted by Crippen LogP contribution is 2.14. The number of carbonyl (C=O) groups is 1. The van der Waals surface area contributed by atoms with Gasteiger partial charge in [-0.25, -0.2) is 4.79 Å². The van der Waals surface area contributed by atoms with Crippen LogP contribution in [-0.2, 0) is 9.53 Å². The van der Waals surface area contributed by atoms with Crippen molar-refractivity contribution >= 4 is 5.97 Å². The van der Waals surface area contributed by atoms with Gasteiger partial charge >= 0.3 is 5.97 Å². The van der Waals surface area contributed by atoms with E-state index in [0.717, 1.165) is 0 Å². The molecule has 0 aromatic heterocycles. The molecule has 0 radical (unpaired) electrons. The minimum atomic E-state index is -1.47. The molecule has 0 aromatic rings. The molecule has 0 rings (SSSR count). The van der Waals surface area contributed by atoms with Crippen molar-refractivity contribution in [3.63, 3.8) is 0 Å². The van der Waals surface area contributed by atoms with Crippen molar-refractivity contribution < 1.29 is 19.7 Å². The predicted molar refractivity (Wildman–Crippen MR) is 39.3 cm³/mol. The van der Waals surface area contributed by atoms with Crippen LogP contribution in [0.3, 0.4) is 0 Å². The van der Waals surface area contributed by atoms with Crippen LogP contribution in [0.4, 0.5) is 0 Å². The first-order valence-electron chi connectivity index (χ1n) is 3.46. The molecule has 1 unspecified atom stereocenters. The van der Waals surface area contributed by atoms with Gasteiger partial charge in [0.2, 0.25) is 0 Å². The molecule has 4 nitrogen and oxygen atoms in total. The number of ether oxygens (including phenoxy) is 1. The summed E-state index contributed by atoms with van der Waals surface area (Å²) in [7, 11) is 0. The number of aliphatic carboxylic acids is 1. The molecule has 0 bridgehead atoms. The van der Waals surface area contributed by atoms with Crippen LogP contribution in [0.25, 0.3) is 0 Å². The molecule has 0 aliphatic rings. The number of aliphatic hydroxyl groups excluding tert-OH is 1. The van der Waals surface area contributed by atoms with Gasteiger partial charge < -0.3 is 14.9 Å². The molecular formula is C7H14O4. The van der Waals surface area contributed by atoms with Crippen LogP contribution in [0, 0.1) is 0 Å². The molecule has 0 amide bonds. The quantitative estimate of drug-likeness (QED) is 0.621. The Balaban J connectivity index is 4.16. The van der Waals surface area contributed by atoms with Crippen molar-refractivity contribution in [2.75, 3.05) is 6.61 Å². The maximum atomic E-state index is 10.3. The third-order valence-electron chi connectivity index (χ3n) is 1.41. The second kappa shape index (κ2) is 3.69. The second-order valence-electron chi connectivity index (χ2n) is 2.78. The zero-order chi connectivity index (χ0) is 9.07. The average molecular weight is 162 g/mol. The summed E-state index contributed by atoms with van der Waals surface area (Å²) in [5.74, 6) is -1.26. The van der Waals surface area contributed by atoms with Crippen LogP contribution in [0.1, 0.15) is 20.8 Å². The van der Waals surface area contributed by atoms with Crippen LogP contribution in [0.5, 0.6) is 0 Å². The number of carboxylic acids is 1. The van der Waals surface area contributed by atoms with Crippen LogP contribution in [0.15, 0.2) is 0 Å². The molecule has 0 aliphatic carbocycles. The maximum Gasteiger partial charge on any atom is 0.335 e. The van der Waals surface area contributed by atoms with E-state index in [1.165, 1.54) is 13.8 Å². The van der Waals surface area contributed by atoms with Crippen molar-refractivity contribution in [3.8, 4) is 0 Å². The van der Waals surface area contributed by atoms with Crippen molar-refractivity contribution in [2.45, 2.75) is 32.5 Å². The third kappa shape index (κ3) is 2.86. The van der Waals surface area contributed by atoms with Crippen LogP contribution < -0.4 is 0 Å². The third-order valence-corrected chi connectivity index (χ3v) is 1.41. The number of hydrogen-bond acceptors (Lipinski definition) is 3. The highest BCUT2D eigenvalue weighted by Gasteiger charge is 2.33. The summed E-state index contributed by atoms with van der Waals surface area (Å²) in [6.45, 7) is 5.21. The highest BCUT2D eigenvalue weighted by atomic mass is 16.5. The van der Waals surface area contributed by atoms with E-state index in [0.29, 0.717) is 6.61 Å². The van der Waals surface area contributed by atoms with E-state index in [1.54, 1.807) is 6.92 Å². The number of carboxylic acid groups (broad SMARTS) is 1. The van der Waals surface area contributed by atoms with E-state index in [9.17, 15) is 4.79 Å². The first-order valence-corrected chi connectivity index (χ1v) is 3.46. The fraction of sp³-hybridized carbons (Fsp3) is 0.857. The topological polar surface area (TPSA) is 66.8 Å². The molecule has 0 aromatic carbocycles. The first-order chi connectivity index (χ1) is 4.91. The fourth-order valence-corrected chi connectivity index (χ4v) is 0.748. The Bertz CT molecular complexity index is 141. The first kappa shape index (κ1) is 10.4. The lowest BCUT2D eigenvalue weighted by Gasteiger charge is -2.27. The lowest BCUT2D eigenvalue weighted by atomic mass is 10.0. The summed E-state index contributed by atoms with van der Waals surface area (Å²) >= 11 is 0. The molecule has 0 heterocycles. The molecule has 66 valence electrons. The Hall–Kier alpha value is -0.610. The Morgan fingerprint density at radius 1 is 1.64 bits per heavy atom. The molecule has 11 heavy (non-hydrogen) atoms. The molecule has 0 fully saturated rings. The van der Waals surface area contributed by atoms with E-state index in [-0.39, 0.29) is 0 Å². The molecular weight excluding hydrogens is 148 g/mol. The van der Waals surface area contributed by atoms with Gasteiger partial charge in [0.1, 0.15) is 0 Å². The average Bonchev–Trinajstić information content (AvgIpc) is 1.86. The molecule has 1 atom stereocenters. The predicted octanol–water partition coefficient (Wildman–Crippen LogP) is 0.247. The zero-order valence-electron chi connectivity index (χ0n) is 7.00. The SMILES string of the molecule is CCOC(C)(C)C(O)C(=O)O. The normalized spacial score (nSPS) is 14.5. The van der Waals surface area contributed by atoms with Crippen LogP contribution in [0.2, 0.25) is 0 Å². The van der Waals surface area contributed by atoms with Gasteiger partial charge in [-0.15, -0.1) is 0 Å². The van der Waals surface area contributed by atoms with Crippen molar-refractivity contribution in [1.29, 1.82) is 0 Å². The largest absolute Gasteiger partial charge is 0.479 e. The molecule has 0 aliphatic heterocycles. The minimum absolute atomic E-state index is 0.386. The van der Waals surface area contributed by atoms with Gasteiger partial charge in [0.25, 0.3) is 0 Å². The number of aliphatic hydroxyl groups is 1. The monoisotopic (exact) mass is 162 g/mol. The van der Waals surface area contributed by atoms with Gasteiger partial charge in [0.15, 0.2) is 6.10 Å². The molecule has 0 spiro atoms. The van der Waals surface area contributed by atoms with E-state index < -0.39 is 17.7 Å². The summed E-state index contributed by atoms with van der Waals surface area (Å²) in [6, 6.07) is 0. The highest BCUT2D eigenvalue weighted by molar-refractivity contribution is 5.73. The van der Waals surface area contributed by atoms with E-state index >= 15 is 0 Å². The fourth-order valence-electron chi connectivity index (χ4n) is 0.748. The van der Waals surface area contributed by atoms with Crippen LogP contribution >= 0.6 is 0 Å². The van der Waals surface area contributed by atoms with Crippen LogP contribution in [-0.4, -0.2) is 34.5 Å². The summed E-state index contributed by atoms with van der Waals surface area (Å²) in [4.78, 5) is 10.3. The van der Waals surface area contributed by atoms with Gasteiger partial charge in [-0.1, -0.05) is 0 Å². The van der Waals surface area contributed by atoms with Gasteiger partial charge in [-0.05, 0) is 20.8 Å². The lowest BCUT2D eigenvalue weighted by molar-refractivity contribution is -0.165. The Kier molecular flexibility index (Phi) is 3.48. The summed E-state index contributed by atoms with van der Waals surface area (Å²) in [6.07, 6.45) is -1.47. The van der Waals surface area contributed by atoms with Crippen molar-refractivity contribution in [3.05, 3.63) is 0 Å². The lowest BCUT2D eigenvalue weighted by Crippen LogP contribution is -2.44. The number of rotatable bonds is 4. The van der Waals surface area contributed by atoms with E-state index in [2.05, 4.69) is 0 Å². The van der Waals surface area contributed by atoms with Gasteiger partial charge in [0.05, 0.1) is 5.60 Å². The molecule has 0 saturated carbocycles. The summed E-state index contributed by atoms with van der Waals surface area (Å²) in [5, 5.41) is 17.5. The van der Waals surface area contributed by atoms with Gasteiger partial charge in [0, 0.05) is 6.61 Å². The van der Waals surface area contributed by atoms with Gasteiger partial charge in [-0.2, -0.15) is 0 Å². The zero-order valence-corrected chi connectivity index (χ0v) is 7.00. The Morgan fingerprint density at radius 2 is 2.09 bits per heavy atom. The van der Waals surface area contributed by atoms with E-state index in [4.69, 9.17) is 14.9 Å². The molecule has 0 saturated heterocycles. The van der Waals surface area contributed by atoms with Crippen molar-refractivity contribution in [1.82, 2.24) is 0 Å². The standard InChI is InChI=1S/C7H14O4/c1-4-11-7(2,3)5(8)6(9)10/h5,8H,4H2,1-3H3,(H,9,10). The number of hydrogen-bond donors (Lipinski definition) is 2. The second-order valence-corrected chi connectivity index (χ2v) is 2.78. The summed E-state index contributed by atoms with van der Waals surface area (Å²) in [5.41, 5.74) is -1.01. The Labute approximate surface area is 65.8 Å². The minimum Gasteiger partial charge on any atom is -0.479 e. The van der Waals surface area contributed by atoms with Crippen molar-refractivity contribution in [2.24, 2.45) is 0 Å². The molecule has 4 heteroatoms. The summed E-state index contributed by atoms with van der Waals surface area (Å²) < 4.78 is 5.02. The van der Waals surface area contributed by atoms with E-state index in [1.807, 2.05) is 0 Å². The molecule has 2 N–H and O–H groups in total. The van der Waals surface area contributed by atoms with Gasteiger partial charge in [-0.3, -0.25) is 0 Å². The smallest absolute Gasteiger partial charge is 0.335 e. The Morgan fingerprint density at radius 3 is 2.36 bits per heavy atom. The maximum absolute atomic E-state index is 10.3.